The number of amides is 1. The van der Waals surface area contributed by atoms with E-state index in [1.165, 1.54) is 19.8 Å². The predicted molar refractivity (Wildman–Crippen MR) is 112 cm³/mol. The summed E-state index contributed by atoms with van der Waals surface area (Å²) in [6.45, 7) is 4.38. The molecule has 30 heavy (non-hydrogen) atoms. The first-order valence-electron chi connectivity index (χ1n) is 9.62. The van der Waals surface area contributed by atoms with Crippen LogP contribution in [0.4, 0.5) is 0 Å². The minimum atomic E-state index is -3.65. The number of fused-ring (bicyclic) bond motifs is 1. The van der Waals surface area contributed by atoms with Crippen molar-refractivity contribution in [3.63, 3.8) is 0 Å². The first kappa shape index (κ1) is 20.2. The number of pyridine rings is 1. The number of carbonyl (C=O) groups excluding carboxylic acids is 1. The van der Waals surface area contributed by atoms with Gasteiger partial charge in [0.1, 0.15) is 11.2 Å². The number of hydrogen-bond acceptors (Lipinski definition) is 5. The van der Waals surface area contributed by atoms with Crippen LogP contribution in [-0.2, 0) is 10.0 Å². The molecule has 0 N–H and O–H groups in total. The van der Waals surface area contributed by atoms with Crippen LogP contribution in [0.3, 0.4) is 0 Å². The summed E-state index contributed by atoms with van der Waals surface area (Å²) in [5.41, 5.74) is 1.57. The molecular weight excluding hydrogens is 404 g/mol. The molecule has 4 rings (SSSR count). The van der Waals surface area contributed by atoms with E-state index in [0.717, 1.165) is 5.56 Å². The van der Waals surface area contributed by atoms with Gasteiger partial charge in [-0.05, 0) is 43.2 Å². The van der Waals surface area contributed by atoms with Gasteiger partial charge >= 0.3 is 0 Å². The third kappa shape index (κ3) is 3.50. The summed E-state index contributed by atoms with van der Waals surface area (Å²) in [6.07, 6.45) is 2.86. The van der Waals surface area contributed by atoms with Gasteiger partial charge in [-0.3, -0.25) is 14.0 Å². The summed E-state index contributed by atoms with van der Waals surface area (Å²) in [7, 11) is -3.65. The van der Waals surface area contributed by atoms with E-state index in [1.807, 2.05) is 13.0 Å². The lowest BCUT2D eigenvalue weighted by atomic mass is 10.2. The Balaban J connectivity index is 1.53. The quantitative estimate of drug-likeness (QED) is 0.632. The molecule has 2 aromatic heterocycles. The summed E-state index contributed by atoms with van der Waals surface area (Å²) in [6, 6.07) is 10.5. The average Bonchev–Trinajstić information content (AvgIpc) is 2.75. The van der Waals surface area contributed by atoms with E-state index in [9.17, 15) is 18.0 Å². The molecule has 3 heterocycles. The highest BCUT2D eigenvalue weighted by Crippen LogP contribution is 2.22. The summed E-state index contributed by atoms with van der Waals surface area (Å²) >= 11 is 0. The van der Waals surface area contributed by atoms with Crippen LogP contribution in [-0.4, -0.2) is 59.1 Å². The number of aryl methyl sites for hydroxylation is 2. The van der Waals surface area contributed by atoms with E-state index in [0.29, 0.717) is 16.1 Å². The van der Waals surface area contributed by atoms with Gasteiger partial charge < -0.3 is 4.90 Å². The Labute approximate surface area is 174 Å². The normalized spacial score (nSPS) is 15.5. The molecule has 0 unspecified atom stereocenters. The highest BCUT2D eigenvalue weighted by molar-refractivity contribution is 7.89. The number of rotatable bonds is 3. The molecule has 156 valence electrons. The second kappa shape index (κ2) is 7.66. The van der Waals surface area contributed by atoms with Crippen LogP contribution >= 0.6 is 0 Å². The van der Waals surface area contributed by atoms with E-state index >= 15 is 0 Å². The molecule has 1 aliphatic rings. The zero-order valence-corrected chi connectivity index (χ0v) is 17.6. The van der Waals surface area contributed by atoms with E-state index in [4.69, 9.17) is 0 Å². The Kier molecular flexibility index (Phi) is 5.17. The molecule has 3 aromatic rings. The van der Waals surface area contributed by atoms with Crippen LogP contribution in [0.5, 0.6) is 0 Å². The van der Waals surface area contributed by atoms with Crippen LogP contribution in [0, 0.1) is 13.8 Å². The molecule has 0 atom stereocenters. The molecule has 8 nitrogen and oxygen atoms in total. The zero-order valence-electron chi connectivity index (χ0n) is 16.8. The Bertz CT molecular complexity index is 1290. The first-order chi connectivity index (χ1) is 14.3. The molecule has 1 amide bonds. The molecule has 0 bridgehead atoms. The number of sulfonamides is 1. The molecule has 0 radical (unpaired) electrons. The van der Waals surface area contributed by atoms with Crippen molar-refractivity contribution in [1.29, 1.82) is 0 Å². The summed E-state index contributed by atoms with van der Waals surface area (Å²) in [5.74, 6) is -0.436. The Morgan fingerprint density at radius 3 is 2.50 bits per heavy atom. The average molecular weight is 426 g/mol. The van der Waals surface area contributed by atoms with Crippen molar-refractivity contribution in [1.82, 2.24) is 18.6 Å². The van der Waals surface area contributed by atoms with E-state index in [2.05, 4.69) is 4.98 Å². The van der Waals surface area contributed by atoms with Gasteiger partial charge in [-0.2, -0.15) is 4.31 Å². The number of nitrogens with zero attached hydrogens (tertiary/aromatic N) is 4. The predicted octanol–water partition coefficient (Wildman–Crippen LogP) is 1.46. The molecule has 0 spiro atoms. The van der Waals surface area contributed by atoms with Crippen molar-refractivity contribution in [2.45, 2.75) is 18.7 Å². The van der Waals surface area contributed by atoms with E-state index in [1.54, 1.807) is 43.5 Å². The maximum absolute atomic E-state index is 13.1. The van der Waals surface area contributed by atoms with Gasteiger partial charge in [-0.1, -0.05) is 18.2 Å². The van der Waals surface area contributed by atoms with Crippen LogP contribution in [0.1, 0.15) is 21.5 Å². The second-order valence-corrected chi connectivity index (χ2v) is 9.28. The van der Waals surface area contributed by atoms with Crippen LogP contribution < -0.4 is 5.56 Å². The highest BCUT2D eigenvalue weighted by Gasteiger charge is 2.32. The molecule has 1 aromatic carbocycles. The fourth-order valence-corrected chi connectivity index (χ4v) is 5.33. The molecule has 9 heteroatoms. The Morgan fingerprint density at radius 1 is 1.03 bits per heavy atom. The molecule has 0 aliphatic carbocycles. The van der Waals surface area contributed by atoms with E-state index in [-0.39, 0.29) is 31.7 Å². The van der Waals surface area contributed by atoms with Gasteiger partial charge in [0.25, 0.3) is 11.5 Å². The molecular formula is C21H22N4O4S. The standard InChI is InChI=1S/C21H22N4O4S/c1-15-6-7-16(2)18(13-15)30(28,29)24-11-9-23(10-12-24)20(26)17-14-22-19-5-3-4-8-25(19)21(17)27/h3-8,13-14H,9-12H2,1-2H3. The number of piperazine rings is 1. The Hall–Kier alpha value is -3.04. The van der Waals surface area contributed by atoms with Crippen molar-refractivity contribution in [2.75, 3.05) is 26.2 Å². The highest BCUT2D eigenvalue weighted by atomic mass is 32.2. The lowest BCUT2D eigenvalue weighted by Crippen LogP contribution is -2.51. The largest absolute Gasteiger partial charge is 0.336 e. The molecule has 0 saturated carbocycles. The maximum Gasteiger partial charge on any atom is 0.270 e. The van der Waals surface area contributed by atoms with Gasteiger partial charge in [0.15, 0.2) is 0 Å². The number of benzene rings is 1. The maximum atomic E-state index is 13.1. The number of hydrogen-bond donors (Lipinski definition) is 0. The van der Waals surface area contributed by atoms with Crippen molar-refractivity contribution in [2.24, 2.45) is 0 Å². The van der Waals surface area contributed by atoms with Gasteiger partial charge in [-0.25, -0.2) is 13.4 Å². The zero-order chi connectivity index (χ0) is 21.5. The lowest BCUT2D eigenvalue weighted by molar-refractivity contribution is 0.0695. The lowest BCUT2D eigenvalue weighted by Gasteiger charge is -2.34. The molecule has 1 aliphatic heterocycles. The van der Waals surface area contributed by atoms with E-state index < -0.39 is 21.5 Å². The topological polar surface area (TPSA) is 92.1 Å². The smallest absolute Gasteiger partial charge is 0.270 e. The van der Waals surface area contributed by atoms with Crippen LogP contribution in [0.15, 0.2) is 58.5 Å². The van der Waals surface area contributed by atoms with Crippen molar-refractivity contribution >= 4 is 21.6 Å². The van der Waals surface area contributed by atoms with Gasteiger partial charge in [0.05, 0.1) is 4.90 Å². The van der Waals surface area contributed by atoms with Crippen LogP contribution in [0.2, 0.25) is 0 Å². The minimum Gasteiger partial charge on any atom is -0.336 e. The van der Waals surface area contributed by atoms with Gasteiger partial charge in [0, 0.05) is 38.6 Å². The van der Waals surface area contributed by atoms with Crippen molar-refractivity contribution in [3.8, 4) is 0 Å². The third-order valence-corrected chi connectivity index (χ3v) is 7.37. The van der Waals surface area contributed by atoms with Crippen molar-refractivity contribution < 1.29 is 13.2 Å². The molecule has 1 saturated heterocycles. The van der Waals surface area contributed by atoms with Gasteiger partial charge in [0.2, 0.25) is 10.0 Å². The SMILES string of the molecule is Cc1ccc(C)c(S(=O)(=O)N2CCN(C(=O)c3cnc4ccccn4c3=O)CC2)c1. The summed E-state index contributed by atoms with van der Waals surface area (Å²) < 4.78 is 28.9. The fraction of sp³-hybridized carbons (Fsp3) is 0.286. The number of carbonyl (C=O) groups is 1. The summed E-state index contributed by atoms with van der Waals surface area (Å²) in [4.78, 5) is 31.5. The summed E-state index contributed by atoms with van der Waals surface area (Å²) in [5, 5.41) is 0. The third-order valence-electron chi connectivity index (χ3n) is 5.33. The first-order valence-corrected chi connectivity index (χ1v) is 11.1. The van der Waals surface area contributed by atoms with Gasteiger partial charge in [-0.15, -0.1) is 0 Å². The second-order valence-electron chi connectivity index (χ2n) is 7.37. The fourth-order valence-electron chi connectivity index (χ4n) is 3.60. The Morgan fingerprint density at radius 2 is 1.77 bits per heavy atom. The van der Waals surface area contributed by atoms with Crippen molar-refractivity contribution in [3.05, 3.63) is 75.8 Å². The minimum absolute atomic E-state index is 0.0236. The van der Waals surface area contributed by atoms with Crippen LogP contribution in [0.25, 0.3) is 5.65 Å². The monoisotopic (exact) mass is 426 g/mol. The number of aromatic nitrogens is 2. The molecule has 1 fully saturated rings.